The van der Waals surface area contributed by atoms with Crippen LogP contribution in [0.2, 0.25) is 5.02 Å². The number of benzene rings is 2. The summed E-state index contributed by atoms with van der Waals surface area (Å²) >= 11 is 6.67. The minimum atomic E-state index is -4.03. The fourth-order valence-electron chi connectivity index (χ4n) is 9.11. The van der Waals surface area contributed by atoms with Crippen LogP contribution in [0, 0.1) is 17.6 Å². The number of amides is 1. The number of halogens is 9. The summed E-state index contributed by atoms with van der Waals surface area (Å²) in [6.45, 7) is 1.11. The summed E-state index contributed by atoms with van der Waals surface area (Å²) in [5.74, 6) is -9.07. The average molecular weight is 988 g/mol. The minimum absolute atomic E-state index is 0.0274. The molecule has 12 nitrogen and oxygen atoms in total. The van der Waals surface area contributed by atoms with Gasteiger partial charge in [-0.25, -0.2) is 43.2 Å². The molecule has 3 heterocycles. The highest BCUT2D eigenvalue weighted by atomic mass is 35.5. The smallest absolute Gasteiger partial charge is 0.293 e. The fraction of sp³-hybridized carbons (Fsp3) is 0.488. The third-order valence-electron chi connectivity index (χ3n) is 12.8. The lowest BCUT2D eigenvalue weighted by Crippen LogP contribution is -2.36. The molecule has 66 heavy (non-hydrogen) atoms. The van der Waals surface area contributed by atoms with Gasteiger partial charge in [0.25, 0.3) is 18.8 Å². The highest BCUT2D eigenvalue weighted by Crippen LogP contribution is 2.68. The zero-order valence-electron chi connectivity index (χ0n) is 35.1. The SMILES string of the molecule is CC(C)(CCc1ccc(-c2ccc(Cl)c3c(NS(=O)(=O)C4CC4)nn(CC(F)F)c23)c([C@H](Cc2cc(F)cc(F)c2)NC(=O)Cn2nc(C(F)F)c3c2C(F)(F)[C@@H]2CC32)n1)S(=O)(=O)C1CC1. The molecule has 2 N–H and O–H groups in total. The van der Waals surface area contributed by atoms with E-state index in [9.17, 15) is 48.0 Å². The van der Waals surface area contributed by atoms with Crippen LogP contribution >= 0.6 is 11.6 Å². The number of sulfonamides is 1. The molecule has 0 bridgehead atoms. The molecule has 23 heteroatoms. The van der Waals surface area contributed by atoms with Crippen molar-refractivity contribution >= 4 is 54.1 Å². The Morgan fingerprint density at radius 2 is 1.58 bits per heavy atom. The van der Waals surface area contributed by atoms with Crippen LogP contribution in [-0.2, 0) is 56.5 Å². The molecule has 0 spiro atoms. The van der Waals surface area contributed by atoms with Crippen molar-refractivity contribution in [2.75, 3.05) is 4.72 Å². The van der Waals surface area contributed by atoms with E-state index in [0.29, 0.717) is 36.4 Å². The van der Waals surface area contributed by atoms with E-state index in [4.69, 9.17) is 16.6 Å². The van der Waals surface area contributed by atoms with Gasteiger partial charge in [-0.3, -0.25) is 23.9 Å². The summed E-state index contributed by atoms with van der Waals surface area (Å²) < 4.78 is 173. The lowest BCUT2D eigenvalue weighted by molar-refractivity contribution is -0.123. The van der Waals surface area contributed by atoms with Gasteiger partial charge in [-0.1, -0.05) is 23.7 Å². The Morgan fingerprint density at radius 1 is 0.909 bits per heavy atom. The Morgan fingerprint density at radius 3 is 2.21 bits per heavy atom. The second-order valence-corrected chi connectivity index (χ2v) is 23.3. The van der Waals surface area contributed by atoms with E-state index in [1.807, 2.05) is 0 Å². The summed E-state index contributed by atoms with van der Waals surface area (Å²) in [4.78, 5) is 19.1. The number of fused-ring (bicyclic) bond motifs is 4. The van der Waals surface area contributed by atoms with Gasteiger partial charge in [-0.05, 0) is 101 Å². The normalized spacial score (nSPS) is 19.7. The van der Waals surface area contributed by atoms with Gasteiger partial charge in [0, 0.05) is 34.4 Å². The average Bonchev–Trinajstić information content (AvgIpc) is 4.11. The van der Waals surface area contributed by atoms with Gasteiger partial charge in [-0.15, -0.1) is 0 Å². The zero-order valence-corrected chi connectivity index (χ0v) is 37.5. The van der Waals surface area contributed by atoms with Crippen LogP contribution in [0.1, 0.15) is 105 Å². The lowest BCUT2D eigenvalue weighted by atomic mass is 9.93. The van der Waals surface area contributed by atoms with E-state index >= 15 is 8.78 Å². The molecule has 4 aliphatic rings. The lowest BCUT2D eigenvalue weighted by Gasteiger charge is -2.26. The summed E-state index contributed by atoms with van der Waals surface area (Å²) in [5.41, 5.74) is -1.83. The molecule has 0 aliphatic heterocycles. The molecule has 1 unspecified atom stereocenters. The van der Waals surface area contributed by atoms with Crippen LogP contribution in [0.4, 0.5) is 40.9 Å². The number of sulfone groups is 1. The van der Waals surface area contributed by atoms with Crippen molar-refractivity contribution in [3.05, 3.63) is 93.0 Å². The van der Waals surface area contributed by atoms with E-state index in [-0.39, 0.29) is 74.6 Å². The minimum Gasteiger partial charge on any atom is -0.346 e. The van der Waals surface area contributed by atoms with E-state index in [2.05, 4.69) is 20.2 Å². The molecule has 9 rings (SSSR count). The maximum absolute atomic E-state index is 15.6. The fourth-order valence-corrected chi connectivity index (χ4v) is 12.7. The molecule has 0 radical (unpaired) electrons. The Hall–Kier alpha value is -4.83. The maximum Gasteiger partial charge on any atom is 0.293 e. The predicted molar refractivity (Wildman–Crippen MR) is 227 cm³/mol. The van der Waals surface area contributed by atoms with Gasteiger partial charge in [0.05, 0.1) is 42.9 Å². The van der Waals surface area contributed by atoms with E-state index < -0.39 is 120 Å². The molecule has 5 aromatic rings. The summed E-state index contributed by atoms with van der Waals surface area (Å²) in [7, 11) is -7.60. The number of pyridine rings is 1. The zero-order chi connectivity index (χ0) is 47.4. The Bertz CT molecular complexity index is 2990. The number of nitrogens with one attached hydrogen (secondary N) is 2. The Balaban J connectivity index is 1.19. The van der Waals surface area contributed by atoms with Gasteiger partial charge >= 0.3 is 0 Å². The summed E-state index contributed by atoms with van der Waals surface area (Å²) in [6.07, 6.45) is -4.88. The number of carbonyl (C=O) groups is 1. The second kappa shape index (κ2) is 16.4. The molecule has 2 aromatic carbocycles. The molecular formula is C43H42ClF8N7O5S2. The summed E-state index contributed by atoms with van der Waals surface area (Å²) in [6, 6.07) is 6.85. The van der Waals surface area contributed by atoms with Crippen LogP contribution < -0.4 is 10.0 Å². The number of alkyl halides is 6. The van der Waals surface area contributed by atoms with Gasteiger partial charge < -0.3 is 5.32 Å². The number of aryl methyl sites for hydroxylation is 1. The highest BCUT2D eigenvalue weighted by Gasteiger charge is 2.67. The molecule has 3 saturated carbocycles. The topological polar surface area (TPSA) is 158 Å². The van der Waals surface area contributed by atoms with Crippen molar-refractivity contribution in [3.8, 4) is 11.1 Å². The van der Waals surface area contributed by atoms with Crippen molar-refractivity contribution in [3.63, 3.8) is 0 Å². The van der Waals surface area contributed by atoms with Gasteiger partial charge in [-0.2, -0.15) is 19.0 Å². The van der Waals surface area contributed by atoms with Crippen LogP contribution in [0.25, 0.3) is 22.0 Å². The second-order valence-electron chi connectivity index (χ2n) is 18.1. The van der Waals surface area contributed by atoms with Gasteiger partial charge in [0.1, 0.15) is 36.1 Å². The van der Waals surface area contributed by atoms with Crippen molar-refractivity contribution < 1.29 is 56.8 Å². The first-order valence-corrected chi connectivity index (χ1v) is 24.7. The molecule has 3 atom stereocenters. The van der Waals surface area contributed by atoms with Crippen molar-refractivity contribution in [2.45, 2.75) is 124 Å². The molecule has 354 valence electrons. The highest BCUT2D eigenvalue weighted by molar-refractivity contribution is 7.93. The number of hydrogen-bond donors (Lipinski definition) is 2. The molecule has 3 fully saturated rings. The summed E-state index contributed by atoms with van der Waals surface area (Å²) in [5, 5.41) is 9.23. The quantitative estimate of drug-likeness (QED) is 0.0825. The monoisotopic (exact) mass is 987 g/mol. The van der Waals surface area contributed by atoms with Crippen LogP contribution in [0.3, 0.4) is 0 Å². The predicted octanol–water partition coefficient (Wildman–Crippen LogP) is 8.93. The molecule has 0 saturated heterocycles. The first-order chi connectivity index (χ1) is 31.0. The molecule has 4 aliphatic carbocycles. The van der Waals surface area contributed by atoms with Gasteiger partial charge in [0.2, 0.25) is 15.9 Å². The number of hydrogen-bond acceptors (Lipinski definition) is 8. The number of aromatic nitrogens is 5. The van der Waals surface area contributed by atoms with E-state index in [1.165, 1.54) is 24.3 Å². The standard InChI is InChI=1S/C43H42ClF8N7O5S2/c1-42(2,65(61,62)24-4-5-24)12-11-23-3-8-26(27-9-10-30(44)35-38(27)58(18-32(47)48)56-41(35)57-66(63,64)25-6-7-25)36(53-23)31(15-20-13-21(45)16-22(46)14-20)54-33(60)19-59-39-34(37(55-59)40(49)50)28-17-29(28)43(39,51)52/h3,8-10,13-14,16,24-25,28-29,31-32,40H,4-7,11-12,15,17-19H2,1-2H3,(H,54,60)(H,56,57)/t28?,29-,31+/m1/s1. The van der Waals surface area contributed by atoms with Gasteiger partial charge in [0.15, 0.2) is 15.7 Å². The number of anilines is 1. The van der Waals surface area contributed by atoms with Crippen LogP contribution in [0.15, 0.2) is 42.5 Å². The first-order valence-electron chi connectivity index (χ1n) is 21.2. The number of carbonyl (C=O) groups excluding carboxylic acids is 1. The third kappa shape index (κ3) is 8.53. The first kappa shape index (κ1) is 46.3. The van der Waals surface area contributed by atoms with E-state index in [1.54, 1.807) is 13.8 Å². The number of nitrogens with zero attached hydrogens (tertiary/aromatic N) is 5. The van der Waals surface area contributed by atoms with Crippen molar-refractivity contribution in [1.82, 2.24) is 29.9 Å². The molecular weight excluding hydrogens is 946 g/mol. The largest absolute Gasteiger partial charge is 0.346 e. The Labute approximate surface area is 378 Å². The maximum atomic E-state index is 15.6. The number of rotatable bonds is 18. The van der Waals surface area contributed by atoms with Crippen molar-refractivity contribution in [1.29, 1.82) is 0 Å². The molecule has 1 amide bonds. The van der Waals surface area contributed by atoms with E-state index in [0.717, 1.165) is 16.8 Å². The third-order valence-corrected chi connectivity index (χ3v) is 18.1. The Kier molecular flexibility index (Phi) is 11.5. The van der Waals surface area contributed by atoms with Crippen LogP contribution in [0.5, 0.6) is 0 Å². The van der Waals surface area contributed by atoms with Crippen LogP contribution in [-0.4, -0.2) is 69.0 Å². The van der Waals surface area contributed by atoms with Crippen molar-refractivity contribution in [2.24, 2.45) is 5.92 Å². The molecule has 3 aromatic heterocycles.